The molecule has 0 aromatic heterocycles. The summed E-state index contributed by atoms with van der Waals surface area (Å²) in [7, 11) is 0. The van der Waals surface area contributed by atoms with E-state index >= 15 is 0 Å². The minimum atomic E-state index is -0.805. The van der Waals surface area contributed by atoms with E-state index in [9.17, 15) is 9.59 Å². The van der Waals surface area contributed by atoms with E-state index in [4.69, 9.17) is 9.84 Å². The Hall–Kier alpha value is -3.60. The summed E-state index contributed by atoms with van der Waals surface area (Å²) in [5.41, 5.74) is 7.74. The fourth-order valence-corrected chi connectivity index (χ4v) is 5.16. The average molecular weight is 442 g/mol. The number of carbonyl (C=O) groups is 2. The van der Waals surface area contributed by atoms with Crippen LogP contribution in [-0.4, -0.2) is 30.3 Å². The van der Waals surface area contributed by atoms with Crippen LogP contribution < -0.4 is 4.90 Å². The van der Waals surface area contributed by atoms with E-state index in [2.05, 4.69) is 24.3 Å². The van der Waals surface area contributed by atoms with Gasteiger partial charge in [0, 0.05) is 12.5 Å². The monoisotopic (exact) mass is 441 g/mol. The molecule has 0 unspecified atom stereocenters. The van der Waals surface area contributed by atoms with Crippen LogP contribution in [0.25, 0.3) is 11.1 Å². The summed E-state index contributed by atoms with van der Waals surface area (Å²) in [6.07, 6.45) is 1.49. The lowest BCUT2D eigenvalue weighted by Crippen LogP contribution is -2.36. The lowest BCUT2D eigenvalue weighted by molar-refractivity contribution is -0.137. The van der Waals surface area contributed by atoms with Gasteiger partial charge in [-0.1, -0.05) is 67.6 Å². The van der Waals surface area contributed by atoms with Crippen molar-refractivity contribution in [3.63, 3.8) is 0 Å². The molecule has 5 nitrogen and oxygen atoms in total. The fourth-order valence-electron chi connectivity index (χ4n) is 5.16. The Bertz CT molecular complexity index is 1170. The summed E-state index contributed by atoms with van der Waals surface area (Å²) in [5.74, 6) is -0.844. The molecular weight excluding hydrogens is 414 g/mol. The van der Waals surface area contributed by atoms with Gasteiger partial charge >= 0.3 is 12.1 Å². The number of aryl methyl sites for hydroxylation is 1. The van der Waals surface area contributed by atoms with Gasteiger partial charge < -0.3 is 9.84 Å². The van der Waals surface area contributed by atoms with Gasteiger partial charge in [-0.15, -0.1) is 0 Å². The Labute approximate surface area is 193 Å². The van der Waals surface area contributed by atoms with Crippen LogP contribution in [0.5, 0.6) is 0 Å². The molecule has 5 rings (SSSR count). The molecule has 1 atom stereocenters. The predicted molar refractivity (Wildman–Crippen MR) is 128 cm³/mol. The molecule has 1 amide bonds. The number of benzene rings is 3. The molecule has 2 aliphatic rings. The number of carbonyl (C=O) groups excluding carboxylic acids is 1. The van der Waals surface area contributed by atoms with Crippen LogP contribution in [-0.2, 0) is 16.0 Å². The molecule has 33 heavy (non-hydrogen) atoms. The Morgan fingerprint density at radius 2 is 1.70 bits per heavy atom. The van der Waals surface area contributed by atoms with Gasteiger partial charge in [0.1, 0.15) is 6.61 Å². The van der Waals surface area contributed by atoms with Gasteiger partial charge in [-0.2, -0.15) is 0 Å². The standard InChI is InChI=1S/C28H27NO4/c1-18(15-27(30)31)19-12-13-26-20(16-19)7-6-14-29(26)28(32)33-17-25-23-10-4-2-8-21(23)22-9-3-5-11-24(22)25/h2-5,8-13,16,18,25H,6-7,14-15,17H2,1H3,(H,30,31)/t18-/m1/s1. The van der Waals surface area contributed by atoms with Crippen LogP contribution in [0.4, 0.5) is 10.5 Å². The van der Waals surface area contributed by atoms with E-state index in [-0.39, 0.29) is 24.3 Å². The van der Waals surface area contributed by atoms with Gasteiger partial charge in [0.2, 0.25) is 0 Å². The maximum Gasteiger partial charge on any atom is 0.414 e. The van der Waals surface area contributed by atoms with Crippen LogP contribution in [0.1, 0.15) is 53.9 Å². The summed E-state index contributed by atoms with van der Waals surface area (Å²) < 4.78 is 5.88. The lowest BCUT2D eigenvalue weighted by Gasteiger charge is -2.30. The Morgan fingerprint density at radius 3 is 2.36 bits per heavy atom. The van der Waals surface area contributed by atoms with Crippen molar-refractivity contribution in [2.75, 3.05) is 18.1 Å². The molecule has 3 aromatic carbocycles. The fraction of sp³-hybridized carbons (Fsp3) is 0.286. The molecule has 3 aromatic rings. The molecule has 0 spiro atoms. The van der Waals surface area contributed by atoms with Crippen molar-refractivity contribution in [1.29, 1.82) is 0 Å². The second-order valence-corrected chi connectivity index (χ2v) is 8.95. The van der Waals surface area contributed by atoms with Gasteiger partial charge in [-0.05, 0) is 58.2 Å². The molecule has 5 heteroatoms. The molecule has 1 aliphatic heterocycles. The van der Waals surface area contributed by atoms with E-state index in [1.54, 1.807) is 4.90 Å². The number of carboxylic acid groups (broad SMARTS) is 1. The maximum atomic E-state index is 13.1. The zero-order valence-electron chi connectivity index (χ0n) is 18.7. The Balaban J connectivity index is 1.33. The molecule has 0 fully saturated rings. The summed E-state index contributed by atoms with van der Waals surface area (Å²) >= 11 is 0. The van der Waals surface area contributed by atoms with E-state index in [0.29, 0.717) is 13.2 Å². The van der Waals surface area contributed by atoms with Crippen molar-refractivity contribution in [3.05, 3.63) is 89.0 Å². The van der Waals surface area contributed by atoms with Crippen molar-refractivity contribution in [3.8, 4) is 11.1 Å². The van der Waals surface area contributed by atoms with Crippen molar-refractivity contribution in [1.82, 2.24) is 0 Å². The van der Waals surface area contributed by atoms with Crippen LogP contribution in [0.15, 0.2) is 66.7 Å². The number of rotatable bonds is 5. The summed E-state index contributed by atoms with van der Waals surface area (Å²) in [6, 6.07) is 22.5. The number of hydrogen-bond donors (Lipinski definition) is 1. The van der Waals surface area contributed by atoms with Gasteiger partial charge in [0.15, 0.2) is 0 Å². The molecule has 1 heterocycles. The second-order valence-electron chi connectivity index (χ2n) is 8.95. The third-order valence-corrected chi connectivity index (χ3v) is 6.83. The quantitative estimate of drug-likeness (QED) is 0.530. The minimum Gasteiger partial charge on any atom is -0.481 e. The Kier molecular flexibility index (Phi) is 5.63. The maximum absolute atomic E-state index is 13.1. The van der Waals surface area contributed by atoms with Crippen molar-refractivity contribution in [2.45, 2.75) is 38.0 Å². The molecule has 0 bridgehead atoms. The lowest BCUT2D eigenvalue weighted by atomic mass is 9.92. The predicted octanol–water partition coefficient (Wildman–Crippen LogP) is 5.97. The molecule has 0 saturated carbocycles. The summed E-state index contributed by atoms with van der Waals surface area (Å²) in [4.78, 5) is 25.9. The number of carboxylic acids is 1. The highest BCUT2D eigenvalue weighted by Crippen LogP contribution is 2.44. The summed E-state index contributed by atoms with van der Waals surface area (Å²) in [5, 5.41) is 9.10. The highest BCUT2D eigenvalue weighted by molar-refractivity contribution is 5.89. The second kappa shape index (κ2) is 8.74. The highest BCUT2D eigenvalue weighted by atomic mass is 16.6. The largest absolute Gasteiger partial charge is 0.481 e. The van der Waals surface area contributed by atoms with E-state index in [1.165, 1.54) is 22.3 Å². The first-order valence-corrected chi connectivity index (χ1v) is 11.5. The molecule has 0 radical (unpaired) electrons. The normalized spacial score (nSPS) is 15.4. The van der Waals surface area contributed by atoms with Gasteiger partial charge in [0.05, 0.1) is 12.1 Å². The SMILES string of the molecule is C[C@H](CC(=O)O)c1ccc2c(c1)CCCN2C(=O)OCC1c2ccccc2-c2ccccc21. The first-order chi connectivity index (χ1) is 16.0. The zero-order valence-corrected chi connectivity index (χ0v) is 18.7. The third-order valence-electron chi connectivity index (χ3n) is 6.83. The number of anilines is 1. The minimum absolute atomic E-state index is 0.0323. The third kappa shape index (κ3) is 3.99. The van der Waals surface area contributed by atoms with Crippen LogP contribution in [0.2, 0.25) is 0 Å². The average Bonchev–Trinajstić information content (AvgIpc) is 3.15. The highest BCUT2D eigenvalue weighted by Gasteiger charge is 2.31. The van der Waals surface area contributed by atoms with Gasteiger partial charge in [-0.3, -0.25) is 9.69 Å². The molecule has 1 N–H and O–H groups in total. The number of amides is 1. The first-order valence-electron chi connectivity index (χ1n) is 11.5. The van der Waals surface area contributed by atoms with E-state index in [1.807, 2.05) is 49.4 Å². The van der Waals surface area contributed by atoms with Crippen LogP contribution in [0, 0.1) is 0 Å². The topological polar surface area (TPSA) is 66.8 Å². The molecular formula is C28H27NO4. The van der Waals surface area contributed by atoms with E-state index in [0.717, 1.165) is 29.7 Å². The zero-order chi connectivity index (χ0) is 22.9. The number of hydrogen-bond acceptors (Lipinski definition) is 3. The van der Waals surface area contributed by atoms with Crippen molar-refractivity contribution >= 4 is 17.7 Å². The van der Waals surface area contributed by atoms with Gasteiger partial charge in [0.25, 0.3) is 0 Å². The van der Waals surface area contributed by atoms with Gasteiger partial charge in [-0.25, -0.2) is 4.79 Å². The number of fused-ring (bicyclic) bond motifs is 4. The number of ether oxygens (including phenoxy) is 1. The van der Waals surface area contributed by atoms with Crippen molar-refractivity contribution in [2.24, 2.45) is 0 Å². The molecule has 0 saturated heterocycles. The van der Waals surface area contributed by atoms with E-state index < -0.39 is 5.97 Å². The number of nitrogens with zero attached hydrogens (tertiary/aromatic N) is 1. The first kappa shape index (κ1) is 21.3. The number of aliphatic carboxylic acids is 1. The summed E-state index contributed by atoms with van der Waals surface area (Å²) in [6.45, 7) is 2.84. The Morgan fingerprint density at radius 1 is 1.03 bits per heavy atom. The smallest absolute Gasteiger partial charge is 0.414 e. The molecule has 168 valence electrons. The van der Waals surface area contributed by atoms with Crippen molar-refractivity contribution < 1.29 is 19.4 Å². The van der Waals surface area contributed by atoms with Crippen LogP contribution in [0.3, 0.4) is 0 Å². The molecule has 1 aliphatic carbocycles. The van der Waals surface area contributed by atoms with Crippen LogP contribution >= 0.6 is 0 Å².